The Morgan fingerprint density at radius 2 is 1.45 bits per heavy atom. The lowest BCUT2D eigenvalue weighted by Crippen LogP contribution is -2.30. The van der Waals surface area contributed by atoms with E-state index < -0.39 is 11.8 Å². The fourth-order valence-corrected chi connectivity index (χ4v) is 4.75. The summed E-state index contributed by atoms with van der Waals surface area (Å²) in [6.45, 7) is 0. The molecule has 0 saturated carbocycles. The van der Waals surface area contributed by atoms with Gasteiger partial charge in [0.15, 0.2) is 5.78 Å². The number of nitrogens with one attached hydrogen (secondary N) is 2. The topological polar surface area (TPSA) is 75.3 Å². The zero-order chi connectivity index (χ0) is 26.9. The molecule has 38 heavy (non-hydrogen) atoms. The number of ketones is 1. The third kappa shape index (κ3) is 7.59. The molecule has 2 amide bonds. The molecule has 4 aromatic rings. The molecule has 5 nitrogen and oxygen atoms in total. The molecule has 0 atom stereocenters. The average molecular weight is 561 g/mol. The molecule has 0 radical (unpaired) electrons. The summed E-state index contributed by atoms with van der Waals surface area (Å²) < 4.78 is 0. The minimum Gasteiger partial charge on any atom is -0.321 e. The van der Waals surface area contributed by atoms with Gasteiger partial charge in [0.25, 0.3) is 11.8 Å². The highest BCUT2D eigenvalue weighted by Crippen LogP contribution is 2.25. The molecular formula is C30H22Cl2N2O3S. The summed E-state index contributed by atoms with van der Waals surface area (Å²) in [7, 11) is 0. The lowest BCUT2D eigenvalue weighted by molar-refractivity contribution is -0.113. The van der Waals surface area contributed by atoms with Gasteiger partial charge in [-0.2, -0.15) is 0 Å². The highest BCUT2D eigenvalue weighted by atomic mass is 35.5. The Balaban J connectivity index is 1.52. The van der Waals surface area contributed by atoms with Crippen molar-refractivity contribution in [1.29, 1.82) is 0 Å². The normalized spacial score (nSPS) is 11.1. The first kappa shape index (κ1) is 27.2. The van der Waals surface area contributed by atoms with E-state index in [4.69, 9.17) is 23.2 Å². The lowest BCUT2D eigenvalue weighted by atomic mass is 10.1. The molecule has 8 heteroatoms. The van der Waals surface area contributed by atoms with E-state index in [1.54, 1.807) is 78.9 Å². The summed E-state index contributed by atoms with van der Waals surface area (Å²) >= 11 is 13.7. The molecule has 0 fully saturated rings. The number of hydrogen-bond acceptors (Lipinski definition) is 4. The van der Waals surface area contributed by atoms with Gasteiger partial charge in [-0.05, 0) is 54.1 Å². The van der Waals surface area contributed by atoms with Crippen LogP contribution in [0.1, 0.15) is 26.3 Å². The zero-order valence-electron chi connectivity index (χ0n) is 20.0. The number of rotatable bonds is 9. The van der Waals surface area contributed by atoms with Crippen LogP contribution in [0.2, 0.25) is 10.0 Å². The Kier molecular flexibility index (Phi) is 9.38. The Morgan fingerprint density at radius 1 is 0.763 bits per heavy atom. The molecule has 0 saturated heterocycles. The largest absolute Gasteiger partial charge is 0.321 e. The van der Waals surface area contributed by atoms with Crippen molar-refractivity contribution in [1.82, 2.24) is 5.32 Å². The summed E-state index contributed by atoms with van der Waals surface area (Å²) in [5.74, 6) is -0.711. The first-order valence-electron chi connectivity index (χ1n) is 11.5. The number of anilines is 1. The van der Waals surface area contributed by atoms with E-state index in [9.17, 15) is 14.4 Å². The molecule has 0 spiro atoms. The van der Waals surface area contributed by atoms with E-state index in [-0.39, 0.29) is 17.2 Å². The summed E-state index contributed by atoms with van der Waals surface area (Å²) in [6.07, 6.45) is 1.49. The van der Waals surface area contributed by atoms with Gasteiger partial charge in [-0.3, -0.25) is 14.4 Å². The molecule has 0 aromatic heterocycles. The van der Waals surface area contributed by atoms with Crippen LogP contribution in [0.3, 0.4) is 0 Å². The van der Waals surface area contributed by atoms with Crippen molar-refractivity contribution >= 4 is 64.3 Å². The molecule has 2 N–H and O–H groups in total. The average Bonchev–Trinajstić information content (AvgIpc) is 2.93. The van der Waals surface area contributed by atoms with Gasteiger partial charge in [0, 0.05) is 31.8 Å². The van der Waals surface area contributed by atoms with Gasteiger partial charge in [-0.15, -0.1) is 11.8 Å². The minimum absolute atomic E-state index is 0.000358. The summed E-state index contributed by atoms with van der Waals surface area (Å²) in [4.78, 5) is 39.4. The Hall–Kier alpha value is -3.84. The van der Waals surface area contributed by atoms with Crippen molar-refractivity contribution < 1.29 is 14.4 Å². The Labute approximate surface area is 234 Å². The van der Waals surface area contributed by atoms with Crippen LogP contribution < -0.4 is 10.6 Å². The number of halogens is 2. The molecule has 0 heterocycles. The molecule has 4 aromatic carbocycles. The number of thioether (sulfide) groups is 1. The summed E-state index contributed by atoms with van der Waals surface area (Å²) in [5.41, 5.74) is 2.07. The number of hydrogen-bond donors (Lipinski definition) is 2. The first-order chi connectivity index (χ1) is 18.4. The van der Waals surface area contributed by atoms with Gasteiger partial charge in [0.2, 0.25) is 0 Å². The maximum Gasteiger partial charge on any atom is 0.272 e. The van der Waals surface area contributed by atoms with E-state index >= 15 is 0 Å². The standard InChI is InChI=1S/C30H22Cl2N2O3S/c31-23-15-14-22(26(32)17-23)16-27(34-29(36)21-10-5-2-6-11-21)30(37)33-24-12-7-13-25(18-24)38-19-28(35)20-8-3-1-4-9-20/h1-18H,19H2,(H,33,37)(H,34,36)/b27-16-. The van der Waals surface area contributed by atoms with Gasteiger partial charge in [-0.1, -0.05) is 83.9 Å². The van der Waals surface area contributed by atoms with E-state index in [0.29, 0.717) is 32.4 Å². The predicted octanol–water partition coefficient (Wildman–Crippen LogP) is 7.38. The number of carbonyl (C=O) groups excluding carboxylic acids is 3. The fourth-order valence-electron chi connectivity index (χ4n) is 3.43. The lowest BCUT2D eigenvalue weighted by Gasteiger charge is -2.12. The van der Waals surface area contributed by atoms with Gasteiger partial charge in [-0.25, -0.2) is 0 Å². The second-order valence-electron chi connectivity index (χ2n) is 8.10. The fraction of sp³-hybridized carbons (Fsp3) is 0.0333. The number of amides is 2. The summed E-state index contributed by atoms with van der Waals surface area (Å²) in [5, 5.41) is 6.29. The van der Waals surface area contributed by atoms with Gasteiger partial charge in [0.05, 0.1) is 5.75 Å². The van der Waals surface area contributed by atoms with Crippen LogP contribution in [-0.4, -0.2) is 23.4 Å². The minimum atomic E-state index is -0.539. The second-order valence-corrected chi connectivity index (χ2v) is 10.00. The van der Waals surface area contributed by atoms with E-state index in [1.807, 2.05) is 24.3 Å². The smallest absolute Gasteiger partial charge is 0.272 e. The van der Waals surface area contributed by atoms with Gasteiger partial charge in [0.1, 0.15) is 5.70 Å². The first-order valence-corrected chi connectivity index (χ1v) is 13.3. The molecule has 4 rings (SSSR count). The third-order valence-electron chi connectivity index (χ3n) is 5.35. The molecule has 0 aliphatic carbocycles. The highest BCUT2D eigenvalue weighted by Gasteiger charge is 2.16. The Bertz CT molecular complexity index is 1490. The van der Waals surface area contributed by atoms with Crippen molar-refractivity contribution in [2.24, 2.45) is 0 Å². The Morgan fingerprint density at radius 3 is 2.13 bits per heavy atom. The number of Topliss-reactive ketones (excluding diaryl/α,β-unsaturated/α-hetero) is 1. The molecule has 0 aliphatic rings. The van der Waals surface area contributed by atoms with Crippen molar-refractivity contribution in [3.63, 3.8) is 0 Å². The molecule has 190 valence electrons. The van der Waals surface area contributed by atoms with Gasteiger partial charge < -0.3 is 10.6 Å². The maximum atomic E-state index is 13.3. The number of benzene rings is 4. The van der Waals surface area contributed by atoms with Crippen LogP contribution in [0.15, 0.2) is 114 Å². The quantitative estimate of drug-likeness (QED) is 0.127. The van der Waals surface area contributed by atoms with Gasteiger partial charge >= 0.3 is 0 Å². The van der Waals surface area contributed by atoms with Crippen LogP contribution in [0.25, 0.3) is 6.08 Å². The SMILES string of the molecule is O=C(Nc1cccc(SCC(=O)c2ccccc2)c1)/C(=C/c1ccc(Cl)cc1Cl)NC(=O)c1ccccc1. The van der Waals surface area contributed by atoms with E-state index in [2.05, 4.69) is 10.6 Å². The van der Waals surface area contributed by atoms with Crippen LogP contribution in [0.4, 0.5) is 5.69 Å². The molecule has 0 unspecified atom stereocenters. The third-order valence-corrected chi connectivity index (χ3v) is 6.90. The van der Waals surface area contributed by atoms with Crippen LogP contribution in [-0.2, 0) is 4.79 Å². The highest BCUT2D eigenvalue weighted by molar-refractivity contribution is 8.00. The predicted molar refractivity (Wildman–Crippen MR) is 155 cm³/mol. The monoisotopic (exact) mass is 560 g/mol. The van der Waals surface area contributed by atoms with Crippen molar-refractivity contribution in [2.75, 3.05) is 11.1 Å². The molecule has 0 aliphatic heterocycles. The van der Waals surface area contributed by atoms with E-state index in [1.165, 1.54) is 17.8 Å². The molecular weight excluding hydrogens is 539 g/mol. The zero-order valence-corrected chi connectivity index (χ0v) is 22.3. The van der Waals surface area contributed by atoms with Crippen LogP contribution in [0, 0.1) is 0 Å². The van der Waals surface area contributed by atoms with Crippen LogP contribution in [0.5, 0.6) is 0 Å². The number of carbonyl (C=O) groups is 3. The van der Waals surface area contributed by atoms with Crippen molar-refractivity contribution in [3.8, 4) is 0 Å². The molecule has 0 bridgehead atoms. The maximum absolute atomic E-state index is 13.3. The van der Waals surface area contributed by atoms with Crippen molar-refractivity contribution in [3.05, 3.63) is 136 Å². The summed E-state index contributed by atoms with van der Waals surface area (Å²) in [6, 6.07) is 29.7. The van der Waals surface area contributed by atoms with Crippen molar-refractivity contribution in [2.45, 2.75) is 4.90 Å². The van der Waals surface area contributed by atoms with E-state index in [0.717, 1.165) is 4.90 Å². The van der Waals surface area contributed by atoms with Crippen LogP contribution >= 0.6 is 35.0 Å². The second kappa shape index (κ2) is 13.1.